The number of halogens is 1. The molecule has 5 heteroatoms. The monoisotopic (exact) mass is 323 g/mol. The average molecular weight is 323 g/mol. The van der Waals surface area contributed by atoms with Gasteiger partial charge < -0.3 is 15.6 Å². The van der Waals surface area contributed by atoms with Crippen molar-refractivity contribution in [3.8, 4) is 11.1 Å². The third kappa shape index (κ3) is 2.37. The van der Waals surface area contributed by atoms with E-state index in [1.54, 1.807) is 12.1 Å². The molecule has 0 radical (unpaired) electrons. The van der Waals surface area contributed by atoms with Gasteiger partial charge in [-0.05, 0) is 23.8 Å². The smallest absolute Gasteiger partial charge is 0.251 e. The zero-order valence-electron chi connectivity index (χ0n) is 13.2. The Kier molecular flexibility index (Phi) is 3.58. The van der Waals surface area contributed by atoms with Gasteiger partial charge in [0.05, 0.1) is 11.1 Å². The molecule has 3 aromatic rings. The molecule has 1 aliphatic rings. The Morgan fingerprint density at radius 1 is 1.17 bits per heavy atom. The van der Waals surface area contributed by atoms with Gasteiger partial charge in [0.25, 0.3) is 5.91 Å². The Labute approximate surface area is 139 Å². The molecule has 2 heterocycles. The van der Waals surface area contributed by atoms with Crippen molar-refractivity contribution in [1.82, 2.24) is 9.88 Å². The van der Waals surface area contributed by atoms with Gasteiger partial charge in [0.1, 0.15) is 5.82 Å². The summed E-state index contributed by atoms with van der Waals surface area (Å²) in [7, 11) is 0. The lowest BCUT2D eigenvalue weighted by atomic mass is 10.0. The van der Waals surface area contributed by atoms with Gasteiger partial charge in [-0.25, -0.2) is 4.39 Å². The minimum atomic E-state index is -0.750. The average Bonchev–Trinajstić information content (AvgIpc) is 2.77. The summed E-state index contributed by atoms with van der Waals surface area (Å²) in [5.74, 6) is -1.34. The lowest BCUT2D eigenvalue weighted by molar-refractivity contribution is 0.0996. The molecular formula is C19H18FN3O. The molecule has 4 nitrogen and oxygen atoms in total. The third-order valence-corrected chi connectivity index (χ3v) is 4.62. The maximum atomic E-state index is 13.8. The van der Waals surface area contributed by atoms with E-state index in [0.717, 1.165) is 48.1 Å². The molecule has 2 aromatic carbocycles. The third-order valence-electron chi connectivity index (χ3n) is 4.62. The van der Waals surface area contributed by atoms with Gasteiger partial charge in [-0.2, -0.15) is 0 Å². The molecule has 0 saturated carbocycles. The second-order valence-corrected chi connectivity index (χ2v) is 6.09. The van der Waals surface area contributed by atoms with Crippen molar-refractivity contribution >= 4 is 16.8 Å². The van der Waals surface area contributed by atoms with Crippen LogP contribution in [0.3, 0.4) is 0 Å². The first-order chi connectivity index (χ1) is 11.6. The molecular weight excluding hydrogens is 305 g/mol. The number of carbonyl (C=O) groups is 1. The van der Waals surface area contributed by atoms with Gasteiger partial charge in [0.15, 0.2) is 0 Å². The molecule has 1 aliphatic heterocycles. The number of nitrogens with one attached hydrogen (secondary N) is 1. The number of hydrogen-bond donors (Lipinski definition) is 2. The van der Waals surface area contributed by atoms with Crippen molar-refractivity contribution in [1.29, 1.82) is 0 Å². The summed E-state index contributed by atoms with van der Waals surface area (Å²) >= 11 is 0. The summed E-state index contributed by atoms with van der Waals surface area (Å²) in [6, 6.07) is 12.8. The number of rotatable bonds is 2. The van der Waals surface area contributed by atoms with Gasteiger partial charge in [0, 0.05) is 42.7 Å². The fourth-order valence-electron chi connectivity index (χ4n) is 3.49. The van der Waals surface area contributed by atoms with Crippen LogP contribution in [0.1, 0.15) is 16.1 Å². The Bertz CT molecular complexity index is 945. The fourth-order valence-corrected chi connectivity index (χ4v) is 3.49. The molecule has 0 spiro atoms. The molecule has 122 valence electrons. The van der Waals surface area contributed by atoms with Crippen molar-refractivity contribution in [2.24, 2.45) is 5.73 Å². The van der Waals surface area contributed by atoms with Crippen molar-refractivity contribution in [3.05, 3.63) is 59.5 Å². The predicted molar refractivity (Wildman–Crippen MR) is 92.4 cm³/mol. The van der Waals surface area contributed by atoms with Crippen LogP contribution in [0.4, 0.5) is 4.39 Å². The normalized spacial score (nSPS) is 14.4. The quantitative estimate of drug-likeness (QED) is 0.762. The van der Waals surface area contributed by atoms with Crippen LogP contribution < -0.4 is 11.1 Å². The van der Waals surface area contributed by atoms with E-state index in [1.807, 2.05) is 12.1 Å². The first kappa shape index (κ1) is 14.9. The summed E-state index contributed by atoms with van der Waals surface area (Å²) in [6.07, 6.45) is 0.976. The number of benzene rings is 2. The molecule has 0 unspecified atom stereocenters. The molecule has 0 aliphatic carbocycles. The Morgan fingerprint density at radius 3 is 2.88 bits per heavy atom. The van der Waals surface area contributed by atoms with Crippen molar-refractivity contribution in [2.75, 3.05) is 13.1 Å². The topological polar surface area (TPSA) is 60.1 Å². The van der Waals surface area contributed by atoms with E-state index in [0.29, 0.717) is 0 Å². The molecule has 0 atom stereocenters. The highest BCUT2D eigenvalue weighted by atomic mass is 19.1. The van der Waals surface area contributed by atoms with Crippen LogP contribution in [0.5, 0.6) is 0 Å². The number of aromatic nitrogens is 1. The molecule has 0 bridgehead atoms. The first-order valence-electron chi connectivity index (χ1n) is 8.07. The largest absolute Gasteiger partial charge is 0.366 e. The van der Waals surface area contributed by atoms with E-state index < -0.39 is 11.7 Å². The van der Waals surface area contributed by atoms with E-state index in [-0.39, 0.29) is 5.56 Å². The summed E-state index contributed by atoms with van der Waals surface area (Å²) in [6.45, 7) is 2.77. The number of primary amides is 1. The number of nitrogens with zero attached hydrogens (tertiary/aromatic N) is 1. The molecule has 1 amide bonds. The maximum absolute atomic E-state index is 13.8. The summed E-state index contributed by atoms with van der Waals surface area (Å²) < 4.78 is 16.1. The summed E-state index contributed by atoms with van der Waals surface area (Å²) in [5, 5.41) is 4.57. The van der Waals surface area contributed by atoms with Crippen LogP contribution in [0.2, 0.25) is 0 Å². The van der Waals surface area contributed by atoms with Crippen molar-refractivity contribution in [3.63, 3.8) is 0 Å². The van der Waals surface area contributed by atoms with Crippen LogP contribution in [-0.2, 0) is 13.0 Å². The van der Waals surface area contributed by atoms with Gasteiger partial charge in [0.2, 0.25) is 0 Å². The zero-order chi connectivity index (χ0) is 16.7. The molecule has 24 heavy (non-hydrogen) atoms. The SMILES string of the molecule is NC(=O)c1cc(-c2cccc3cc4n(c23)CCNCC4)ccc1F. The number of amides is 1. The molecule has 0 fully saturated rings. The number of fused-ring (bicyclic) bond motifs is 3. The van der Waals surface area contributed by atoms with Crippen molar-refractivity contribution in [2.45, 2.75) is 13.0 Å². The molecule has 1 aromatic heterocycles. The second kappa shape index (κ2) is 5.76. The van der Waals surface area contributed by atoms with Crippen LogP contribution in [-0.4, -0.2) is 23.6 Å². The maximum Gasteiger partial charge on any atom is 0.251 e. The lowest BCUT2D eigenvalue weighted by Crippen LogP contribution is -2.17. The number of nitrogens with two attached hydrogens (primary N) is 1. The number of hydrogen-bond acceptors (Lipinski definition) is 2. The Hall–Kier alpha value is -2.66. The highest BCUT2D eigenvalue weighted by Crippen LogP contribution is 2.32. The van der Waals surface area contributed by atoms with Crippen LogP contribution in [0.15, 0.2) is 42.5 Å². The van der Waals surface area contributed by atoms with Crippen LogP contribution >= 0.6 is 0 Å². The standard InChI is InChI=1S/C19H18FN3O/c20-17-5-4-12(11-16(17)19(21)24)15-3-1-2-13-10-14-6-7-22-8-9-23(14)18(13)15/h1-5,10-11,22H,6-9H2,(H2,21,24). The Morgan fingerprint density at radius 2 is 2.04 bits per heavy atom. The van der Waals surface area contributed by atoms with E-state index in [4.69, 9.17) is 5.73 Å². The van der Waals surface area contributed by atoms with Crippen LogP contribution in [0, 0.1) is 5.82 Å². The van der Waals surface area contributed by atoms with E-state index in [9.17, 15) is 9.18 Å². The van der Waals surface area contributed by atoms with E-state index >= 15 is 0 Å². The molecule has 3 N–H and O–H groups in total. The second-order valence-electron chi connectivity index (χ2n) is 6.09. The zero-order valence-corrected chi connectivity index (χ0v) is 13.2. The van der Waals surface area contributed by atoms with E-state index in [2.05, 4.69) is 22.0 Å². The highest BCUT2D eigenvalue weighted by Gasteiger charge is 2.17. The highest BCUT2D eigenvalue weighted by molar-refractivity contribution is 5.98. The number of para-hydroxylation sites is 1. The predicted octanol–water partition coefficient (Wildman–Crippen LogP) is 2.69. The molecule has 4 rings (SSSR count). The Balaban J connectivity index is 1.96. The summed E-state index contributed by atoms with van der Waals surface area (Å²) in [4.78, 5) is 11.5. The van der Waals surface area contributed by atoms with Gasteiger partial charge in [-0.1, -0.05) is 24.3 Å². The number of carbonyl (C=O) groups excluding carboxylic acids is 1. The summed E-state index contributed by atoms with van der Waals surface area (Å²) in [5.41, 5.74) is 9.42. The van der Waals surface area contributed by atoms with Gasteiger partial charge in [-0.3, -0.25) is 4.79 Å². The lowest BCUT2D eigenvalue weighted by Gasteiger charge is -2.12. The first-order valence-corrected chi connectivity index (χ1v) is 8.07. The van der Waals surface area contributed by atoms with Crippen molar-refractivity contribution < 1.29 is 9.18 Å². The van der Waals surface area contributed by atoms with Crippen LogP contribution in [0.25, 0.3) is 22.0 Å². The van der Waals surface area contributed by atoms with Gasteiger partial charge >= 0.3 is 0 Å². The minimum absolute atomic E-state index is 0.0752. The molecule has 0 saturated heterocycles. The fraction of sp³-hybridized carbons (Fsp3) is 0.211. The van der Waals surface area contributed by atoms with E-state index in [1.165, 1.54) is 11.8 Å². The van der Waals surface area contributed by atoms with Gasteiger partial charge in [-0.15, -0.1) is 0 Å². The minimum Gasteiger partial charge on any atom is -0.366 e.